The van der Waals surface area contributed by atoms with Crippen LogP contribution in [0.15, 0.2) is 29.3 Å². The maximum Gasteiger partial charge on any atom is 0.191 e. The number of piperidine rings is 1. The number of benzene rings is 1. The van der Waals surface area contributed by atoms with Crippen LogP contribution in [-0.2, 0) is 13.0 Å². The standard InChI is InChI=1S/C19H32N4.HI/c1-4-17-8-6-7-9-18(17)15-22-19(20-5-2)21-14-16-10-12-23(3)13-11-16;/h6-9,16H,4-5,10-15H2,1-3H3,(H2,20,21,22);1H. The van der Waals surface area contributed by atoms with Crippen LogP contribution in [0.4, 0.5) is 0 Å². The molecule has 4 nitrogen and oxygen atoms in total. The number of guanidine groups is 1. The highest BCUT2D eigenvalue weighted by Gasteiger charge is 2.16. The van der Waals surface area contributed by atoms with Crippen LogP contribution in [0.2, 0.25) is 0 Å². The third kappa shape index (κ3) is 6.97. The van der Waals surface area contributed by atoms with E-state index in [9.17, 15) is 0 Å². The van der Waals surface area contributed by atoms with Gasteiger partial charge in [0.25, 0.3) is 0 Å². The van der Waals surface area contributed by atoms with Crippen molar-refractivity contribution in [2.24, 2.45) is 10.9 Å². The fourth-order valence-electron chi connectivity index (χ4n) is 3.07. The molecule has 1 aliphatic rings. The molecule has 1 aromatic rings. The minimum Gasteiger partial charge on any atom is -0.357 e. The SMILES string of the molecule is CCNC(=NCc1ccccc1CC)NCC1CCN(C)CC1.I. The Labute approximate surface area is 164 Å². The predicted octanol–water partition coefficient (Wildman–Crippen LogP) is 3.26. The summed E-state index contributed by atoms with van der Waals surface area (Å²) in [7, 11) is 2.21. The molecular weight excluding hydrogens is 411 g/mol. The molecule has 136 valence electrons. The van der Waals surface area contributed by atoms with Gasteiger partial charge in [-0.2, -0.15) is 0 Å². The van der Waals surface area contributed by atoms with Gasteiger partial charge in [-0.15, -0.1) is 24.0 Å². The summed E-state index contributed by atoms with van der Waals surface area (Å²) in [5.74, 6) is 1.70. The molecule has 0 bridgehead atoms. The summed E-state index contributed by atoms with van der Waals surface area (Å²) in [5.41, 5.74) is 2.72. The van der Waals surface area contributed by atoms with Crippen molar-refractivity contribution < 1.29 is 0 Å². The van der Waals surface area contributed by atoms with Crippen molar-refractivity contribution >= 4 is 29.9 Å². The zero-order valence-corrected chi connectivity index (χ0v) is 17.7. The van der Waals surface area contributed by atoms with Crippen molar-refractivity contribution in [1.29, 1.82) is 0 Å². The number of aliphatic imine (C=N–C) groups is 1. The van der Waals surface area contributed by atoms with E-state index < -0.39 is 0 Å². The van der Waals surface area contributed by atoms with Gasteiger partial charge in [-0.25, -0.2) is 4.99 Å². The molecule has 0 radical (unpaired) electrons. The van der Waals surface area contributed by atoms with Crippen molar-refractivity contribution in [3.05, 3.63) is 35.4 Å². The quantitative estimate of drug-likeness (QED) is 0.402. The highest BCUT2D eigenvalue weighted by molar-refractivity contribution is 14.0. The zero-order chi connectivity index (χ0) is 16.5. The molecule has 5 heteroatoms. The molecule has 0 atom stereocenters. The molecule has 2 N–H and O–H groups in total. The summed E-state index contributed by atoms with van der Waals surface area (Å²) in [6.07, 6.45) is 3.62. The van der Waals surface area contributed by atoms with E-state index in [1.165, 1.54) is 37.1 Å². The van der Waals surface area contributed by atoms with E-state index in [1.54, 1.807) is 0 Å². The molecule has 0 aliphatic carbocycles. The van der Waals surface area contributed by atoms with Crippen LogP contribution in [0.1, 0.15) is 37.8 Å². The number of hydrogen-bond acceptors (Lipinski definition) is 2. The second-order valence-electron chi connectivity index (χ2n) is 6.44. The second kappa shape index (κ2) is 11.7. The van der Waals surface area contributed by atoms with E-state index in [1.807, 2.05) is 0 Å². The molecule has 0 spiro atoms. The van der Waals surface area contributed by atoms with Gasteiger partial charge in [-0.05, 0) is 63.4 Å². The average molecular weight is 444 g/mol. The van der Waals surface area contributed by atoms with Crippen molar-refractivity contribution in [1.82, 2.24) is 15.5 Å². The molecule has 1 fully saturated rings. The first kappa shape index (κ1) is 21.2. The molecule has 1 aromatic carbocycles. The minimum atomic E-state index is 0. The Kier molecular flexibility index (Phi) is 10.3. The summed E-state index contributed by atoms with van der Waals surface area (Å²) >= 11 is 0. The molecule has 1 saturated heterocycles. The maximum atomic E-state index is 4.78. The van der Waals surface area contributed by atoms with E-state index in [-0.39, 0.29) is 24.0 Å². The predicted molar refractivity (Wildman–Crippen MR) is 114 cm³/mol. The van der Waals surface area contributed by atoms with E-state index in [0.29, 0.717) is 0 Å². The Hall–Kier alpha value is -0.820. The van der Waals surface area contributed by atoms with Crippen LogP contribution in [0.5, 0.6) is 0 Å². The van der Waals surface area contributed by atoms with Crippen LogP contribution >= 0.6 is 24.0 Å². The van der Waals surface area contributed by atoms with Crippen molar-refractivity contribution in [3.63, 3.8) is 0 Å². The Bertz CT molecular complexity index is 496. The Morgan fingerprint density at radius 2 is 1.79 bits per heavy atom. The van der Waals surface area contributed by atoms with Gasteiger partial charge in [0, 0.05) is 13.1 Å². The highest BCUT2D eigenvalue weighted by Crippen LogP contribution is 2.14. The topological polar surface area (TPSA) is 39.7 Å². The van der Waals surface area contributed by atoms with E-state index in [2.05, 4.69) is 60.7 Å². The van der Waals surface area contributed by atoms with Crippen LogP contribution in [0, 0.1) is 5.92 Å². The molecule has 24 heavy (non-hydrogen) atoms. The van der Waals surface area contributed by atoms with Crippen molar-refractivity contribution in [2.75, 3.05) is 33.2 Å². The molecule has 0 saturated carbocycles. The largest absolute Gasteiger partial charge is 0.357 e. The van der Waals surface area contributed by atoms with Gasteiger partial charge in [0.1, 0.15) is 0 Å². The smallest absolute Gasteiger partial charge is 0.191 e. The number of nitrogens with zero attached hydrogens (tertiary/aromatic N) is 2. The lowest BCUT2D eigenvalue weighted by atomic mass is 9.97. The minimum absolute atomic E-state index is 0. The second-order valence-corrected chi connectivity index (χ2v) is 6.44. The monoisotopic (exact) mass is 444 g/mol. The first-order valence-electron chi connectivity index (χ1n) is 9.00. The van der Waals surface area contributed by atoms with Gasteiger partial charge in [0.2, 0.25) is 0 Å². The van der Waals surface area contributed by atoms with Gasteiger partial charge in [0.15, 0.2) is 5.96 Å². The van der Waals surface area contributed by atoms with Crippen LogP contribution in [0.3, 0.4) is 0 Å². The van der Waals surface area contributed by atoms with Gasteiger partial charge in [0.05, 0.1) is 6.54 Å². The Balaban J connectivity index is 0.00000288. The normalized spacial score (nSPS) is 16.5. The summed E-state index contributed by atoms with van der Waals surface area (Å²) in [6, 6.07) is 8.59. The number of nitrogens with one attached hydrogen (secondary N) is 2. The molecule has 0 aromatic heterocycles. The Morgan fingerprint density at radius 1 is 1.12 bits per heavy atom. The molecule has 0 unspecified atom stereocenters. The Morgan fingerprint density at radius 3 is 2.42 bits per heavy atom. The highest BCUT2D eigenvalue weighted by atomic mass is 127. The van der Waals surface area contributed by atoms with Gasteiger partial charge < -0.3 is 15.5 Å². The van der Waals surface area contributed by atoms with Gasteiger partial charge in [-0.1, -0.05) is 31.2 Å². The van der Waals surface area contributed by atoms with Crippen LogP contribution in [-0.4, -0.2) is 44.1 Å². The zero-order valence-electron chi connectivity index (χ0n) is 15.3. The van der Waals surface area contributed by atoms with Crippen molar-refractivity contribution in [2.45, 2.75) is 39.7 Å². The maximum absolute atomic E-state index is 4.78. The summed E-state index contributed by atoms with van der Waals surface area (Å²) in [5, 5.41) is 6.90. The fraction of sp³-hybridized carbons (Fsp3) is 0.632. The third-order valence-electron chi connectivity index (χ3n) is 4.65. The number of aryl methyl sites for hydroxylation is 1. The van der Waals surface area contributed by atoms with E-state index in [4.69, 9.17) is 4.99 Å². The van der Waals surface area contributed by atoms with E-state index >= 15 is 0 Å². The summed E-state index contributed by atoms with van der Waals surface area (Å²) in [6.45, 7) is 9.41. The van der Waals surface area contributed by atoms with E-state index in [0.717, 1.165) is 37.9 Å². The number of likely N-dealkylation sites (tertiary alicyclic amines) is 1. The summed E-state index contributed by atoms with van der Waals surface area (Å²) in [4.78, 5) is 7.19. The molecule has 0 amide bonds. The fourth-order valence-corrected chi connectivity index (χ4v) is 3.07. The molecular formula is C19H33IN4. The number of rotatable bonds is 6. The lowest BCUT2D eigenvalue weighted by Gasteiger charge is -2.29. The molecule has 1 heterocycles. The third-order valence-corrected chi connectivity index (χ3v) is 4.65. The number of halogens is 1. The van der Waals surface area contributed by atoms with Crippen molar-refractivity contribution in [3.8, 4) is 0 Å². The first-order chi connectivity index (χ1) is 11.2. The van der Waals surface area contributed by atoms with Crippen LogP contribution in [0.25, 0.3) is 0 Å². The average Bonchev–Trinajstić information content (AvgIpc) is 2.59. The van der Waals surface area contributed by atoms with Crippen LogP contribution < -0.4 is 10.6 Å². The lowest BCUT2D eigenvalue weighted by molar-refractivity contribution is 0.220. The van der Waals surface area contributed by atoms with Gasteiger partial charge in [-0.3, -0.25) is 0 Å². The molecule has 2 rings (SSSR count). The lowest BCUT2D eigenvalue weighted by Crippen LogP contribution is -2.42. The first-order valence-corrected chi connectivity index (χ1v) is 9.00. The van der Waals surface area contributed by atoms with Gasteiger partial charge >= 0.3 is 0 Å². The summed E-state index contributed by atoms with van der Waals surface area (Å²) < 4.78 is 0. The molecule has 1 aliphatic heterocycles. The number of hydrogen-bond donors (Lipinski definition) is 2.